The molecule has 0 aliphatic carbocycles. The zero-order chi connectivity index (χ0) is 18.0. The molecular formula is C15H12BrN5O4. The quantitative estimate of drug-likeness (QED) is 0.270. The Hall–Kier alpha value is -3.01. The third kappa shape index (κ3) is 3.91. The van der Waals surface area contributed by atoms with E-state index in [1.54, 1.807) is 36.1 Å². The maximum atomic E-state index is 12.0. The number of carbonyl (C=O) groups is 1. The lowest BCUT2D eigenvalue weighted by molar-refractivity contribution is -0.390. The number of rotatable bonds is 6. The van der Waals surface area contributed by atoms with Crippen LogP contribution in [0, 0.1) is 10.1 Å². The van der Waals surface area contributed by atoms with Crippen LogP contribution in [0.4, 0.5) is 5.82 Å². The van der Waals surface area contributed by atoms with Crippen LogP contribution < -0.4 is 0 Å². The van der Waals surface area contributed by atoms with Gasteiger partial charge in [0.25, 0.3) is 0 Å². The predicted octanol–water partition coefficient (Wildman–Crippen LogP) is 2.82. The molecule has 0 amide bonds. The van der Waals surface area contributed by atoms with Gasteiger partial charge in [0, 0.05) is 13.2 Å². The molecule has 0 aliphatic heterocycles. The van der Waals surface area contributed by atoms with Crippen LogP contribution in [-0.2, 0) is 13.6 Å². The maximum Gasteiger partial charge on any atom is 0.404 e. The minimum Gasteiger partial charge on any atom is -0.460 e. The number of hydrogen-bond donors (Lipinski definition) is 0. The van der Waals surface area contributed by atoms with Gasteiger partial charge in [0.15, 0.2) is 5.78 Å². The number of halogens is 1. The molecule has 0 atom stereocenters. The highest BCUT2D eigenvalue weighted by Gasteiger charge is 2.19. The molecule has 0 saturated carbocycles. The van der Waals surface area contributed by atoms with Crippen molar-refractivity contribution in [1.29, 1.82) is 0 Å². The minimum absolute atomic E-state index is 0.183. The molecule has 0 fully saturated rings. The van der Waals surface area contributed by atoms with E-state index < -0.39 is 4.92 Å². The highest BCUT2D eigenvalue weighted by molar-refractivity contribution is 9.10. The predicted molar refractivity (Wildman–Crippen MR) is 91.0 cm³/mol. The summed E-state index contributed by atoms with van der Waals surface area (Å²) in [4.78, 5) is 22.2. The van der Waals surface area contributed by atoms with Gasteiger partial charge in [-0.2, -0.15) is 9.78 Å². The first-order valence-electron chi connectivity index (χ1n) is 7.09. The molecule has 0 radical (unpaired) electrons. The number of allylic oxidation sites excluding steroid dienone is 1. The molecule has 0 aliphatic rings. The highest BCUT2D eigenvalue weighted by atomic mass is 79.9. The van der Waals surface area contributed by atoms with Gasteiger partial charge in [-0.25, -0.2) is 0 Å². The Labute approximate surface area is 149 Å². The van der Waals surface area contributed by atoms with E-state index in [-0.39, 0.29) is 18.1 Å². The van der Waals surface area contributed by atoms with E-state index in [4.69, 9.17) is 4.42 Å². The summed E-state index contributed by atoms with van der Waals surface area (Å²) in [5.74, 6) is 0.609. The van der Waals surface area contributed by atoms with Gasteiger partial charge in [0.05, 0.1) is 23.1 Å². The highest BCUT2D eigenvalue weighted by Crippen LogP contribution is 2.23. The maximum absolute atomic E-state index is 12.0. The first kappa shape index (κ1) is 16.8. The third-order valence-corrected chi connectivity index (χ3v) is 3.82. The summed E-state index contributed by atoms with van der Waals surface area (Å²) in [6, 6.07) is 3.42. The monoisotopic (exact) mass is 405 g/mol. The lowest BCUT2D eigenvalue weighted by Crippen LogP contribution is -2.00. The zero-order valence-electron chi connectivity index (χ0n) is 13.0. The number of ketones is 1. The Bertz CT molecular complexity index is 968. The van der Waals surface area contributed by atoms with Gasteiger partial charge in [-0.05, 0) is 45.1 Å². The van der Waals surface area contributed by atoms with E-state index in [1.165, 1.54) is 23.2 Å². The fraction of sp³-hybridized carbons (Fsp3) is 0.133. The van der Waals surface area contributed by atoms with Crippen molar-refractivity contribution in [3.05, 3.63) is 68.5 Å². The summed E-state index contributed by atoms with van der Waals surface area (Å²) < 4.78 is 8.83. The van der Waals surface area contributed by atoms with E-state index in [1.807, 2.05) is 0 Å². The molecule has 0 spiro atoms. The SMILES string of the molecule is Cn1cc(C(=O)/C=C/c2ccc(Cn3cc(Br)c([N+](=O)[O-])n3)o2)cn1. The molecule has 3 rings (SSSR count). The van der Waals surface area contributed by atoms with Crippen LogP contribution >= 0.6 is 15.9 Å². The molecule has 0 unspecified atom stereocenters. The average Bonchev–Trinajstić information content (AvgIpc) is 3.26. The lowest BCUT2D eigenvalue weighted by atomic mass is 10.2. The van der Waals surface area contributed by atoms with E-state index in [0.717, 1.165) is 0 Å². The Morgan fingerprint density at radius 1 is 1.44 bits per heavy atom. The number of aromatic nitrogens is 4. The van der Waals surface area contributed by atoms with E-state index in [9.17, 15) is 14.9 Å². The van der Waals surface area contributed by atoms with E-state index >= 15 is 0 Å². The van der Waals surface area contributed by atoms with Crippen LogP contribution in [0.3, 0.4) is 0 Å². The summed E-state index contributed by atoms with van der Waals surface area (Å²) in [7, 11) is 1.73. The molecule has 0 aromatic carbocycles. The molecule has 10 heteroatoms. The summed E-state index contributed by atoms with van der Waals surface area (Å²) in [6.07, 6.45) is 7.57. The number of aryl methyl sites for hydroxylation is 1. The van der Waals surface area contributed by atoms with Gasteiger partial charge in [-0.3, -0.25) is 9.48 Å². The van der Waals surface area contributed by atoms with Crippen LogP contribution in [0.2, 0.25) is 0 Å². The van der Waals surface area contributed by atoms with Crippen molar-refractivity contribution in [3.8, 4) is 0 Å². The summed E-state index contributed by atoms with van der Waals surface area (Å²) in [5.41, 5.74) is 0.485. The van der Waals surface area contributed by atoms with Crippen LogP contribution in [0.5, 0.6) is 0 Å². The van der Waals surface area contributed by atoms with Gasteiger partial charge < -0.3 is 14.5 Å². The van der Waals surface area contributed by atoms with Crippen molar-refractivity contribution in [2.24, 2.45) is 7.05 Å². The van der Waals surface area contributed by atoms with Crippen molar-refractivity contribution < 1.29 is 14.1 Å². The van der Waals surface area contributed by atoms with Gasteiger partial charge in [-0.1, -0.05) is 0 Å². The zero-order valence-corrected chi connectivity index (χ0v) is 14.6. The Morgan fingerprint density at radius 3 is 2.88 bits per heavy atom. The van der Waals surface area contributed by atoms with Gasteiger partial charge in [-0.15, -0.1) is 0 Å². The van der Waals surface area contributed by atoms with Crippen molar-refractivity contribution >= 4 is 33.6 Å². The molecule has 3 heterocycles. The van der Waals surface area contributed by atoms with Crippen LogP contribution in [0.15, 0.2) is 45.7 Å². The number of nitrogens with zero attached hydrogens (tertiary/aromatic N) is 5. The Balaban J connectivity index is 1.68. The molecule has 0 saturated heterocycles. The number of furan rings is 1. The van der Waals surface area contributed by atoms with Gasteiger partial charge in [0.2, 0.25) is 0 Å². The molecular weight excluding hydrogens is 394 g/mol. The van der Waals surface area contributed by atoms with Crippen LogP contribution in [-0.4, -0.2) is 30.3 Å². The molecule has 0 bridgehead atoms. The number of carbonyl (C=O) groups excluding carboxylic acids is 1. The molecule has 3 aromatic heterocycles. The van der Waals surface area contributed by atoms with Crippen LogP contribution in [0.1, 0.15) is 21.9 Å². The molecule has 128 valence electrons. The Morgan fingerprint density at radius 2 is 2.24 bits per heavy atom. The Kier molecular flexibility index (Phi) is 4.61. The lowest BCUT2D eigenvalue weighted by Gasteiger charge is -1.92. The van der Waals surface area contributed by atoms with Gasteiger partial charge >= 0.3 is 5.82 Å². The molecule has 9 nitrogen and oxygen atoms in total. The standard InChI is InChI=1S/C15H12BrN5O4/c1-19-7-10(6-17-19)14(22)5-4-11-2-3-12(25-11)8-20-9-13(16)15(18-20)21(23)24/h2-7,9H,8H2,1H3/b5-4+. The smallest absolute Gasteiger partial charge is 0.404 e. The largest absolute Gasteiger partial charge is 0.460 e. The first-order valence-corrected chi connectivity index (χ1v) is 7.89. The fourth-order valence-corrected chi connectivity index (χ4v) is 2.58. The topological polar surface area (TPSA) is 109 Å². The summed E-state index contributed by atoms with van der Waals surface area (Å²) >= 11 is 3.09. The first-order chi connectivity index (χ1) is 11.9. The summed E-state index contributed by atoms with van der Waals surface area (Å²) in [6.45, 7) is 0.233. The second-order valence-corrected chi connectivity index (χ2v) is 6.01. The van der Waals surface area contributed by atoms with Crippen molar-refractivity contribution in [2.45, 2.75) is 6.54 Å². The third-order valence-electron chi connectivity index (χ3n) is 3.26. The second kappa shape index (κ2) is 6.85. The number of hydrogen-bond acceptors (Lipinski definition) is 6. The summed E-state index contributed by atoms with van der Waals surface area (Å²) in [5, 5.41) is 18.6. The van der Waals surface area contributed by atoms with E-state index in [0.29, 0.717) is 21.6 Å². The minimum atomic E-state index is -0.569. The fourth-order valence-electron chi connectivity index (χ4n) is 2.12. The van der Waals surface area contributed by atoms with Crippen molar-refractivity contribution in [3.63, 3.8) is 0 Å². The van der Waals surface area contributed by atoms with Gasteiger partial charge in [0.1, 0.15) is 22.5 Å². The molecule has 25 heavy (non-hydrogen) atoms. The normalized spacial score (nSPS) is 11.3. The molecule has 3 aromatic rings. The number of nitro groups is 1. The van der Waals surface area contributed by atoms with Crippen molar-refractivity contribution in [1.82, 2.24) is 19.6 Å². The molecule has 0 N–H and O–H groups in total. The van der Waals surface area contributed by atoms with Crippen molar-refractivity contribution in [2.75, 3.05) is 0 Å². The van der Waals surface area contributed by atoms with E-state index in [2.05, 4.69) is 26.1 Å². The average molecular weight is 406 g/mol. The second-order valence-electron chi connectivity index (χ2n) is 5.16. The van der Waals surface area contributed by atoms with Crippen LogP contribution in [0.25, 0.3) is 6.08 Å².